The Kier molecular flexibility index (Phi) is 28.0. The van der Waals surface area contributed by atoms with Crippen molar-refractivity contribution in [2.24, 2.45) is 43.3 Å². The average Bonchev–Trinajstić information content (AvgIpc) is 3.17. The smallest absolute Gasteiger partial charge is 0.0213 e. The van der Waals surface area contributed by atoms with E-state index in [1.54, 1.807) is 0 Å². The fourth-order valence-corrected chi connectivity index (χ4v) is 12.1. The van der Waals surface area contributed by atoms with Crippen LogP contribution in [0.2, 0.25) is 0 Å². The first-order chi connectivity index (χ1) is 25.6. The second kappa shape index (κ2) is 27.0. The lowest BCUT2D eigenvalue weighted by Gasteiger charge is -2.63. The summed E-state index contributed by atoms with van der Waals surface area (Å²) >= 11 is 0. The van der Waals surface area contributed by atoms with E-state index >= 15 is 0 Å². The van der Waals surface area contributed by atoms with Crippen LogP contribution in [0.1, 0.15) is 312 Å². The van der Waals surface area contributed by atoms with Crippen molar-refractivity contribution in [3.63, 3.8) is 0 Å². The minimum atomic E-state index is 0.386. The van der Waals surface area contributed by atoms with Crippen LogP contribution in [0.15, 0.2) is 0 Å². The fraction of sp³-hybridized carbons (Fsp3) is 1.00. The molecular weight excluding hydrogens is 661 g/mol. The summed E-state index contributed by atoms with van der Waals surface area (Å²) in [6.45, 7) is 50.5. The molecule has 0 bridgehead atoms. The van der Waals surface area contributed by atoms with E-state index in [0.717, 1.165) is 0 Å². The highest BCUT2D eigenvalue weighted by atomic mass is 14.6. The highest BCUT2D eigenvalue weighted by Crippen LogP contribution is 2.68. The molecule has 0 fully saturated rings. The van der Waals surface area contributed by atoms with Gasteiger partial charge in [-0.25, -0.2) is 0 Å². The predicted molar refractivity (Wildman–Crippen MR) is 258 cm³/mol. The van der Waals surface area contributed by atoms with Gasteiger partial charge < -0.3 is 0 Å². The first-order valence-electron chi connectivity index (χ1n) is 25.6. The lowest BCUT2D eigenvalue weighted by molar-refractivity contribution is -0.145. The summed E-state index contributed by atoms with van der Waals surface area (Å²) in [6.07, 6.45) is 36.8. The van der Waals surface area contributed by atoms with E-state index in [1.165, 1.54) is 173 Å². The molecule has 0 amide bonds. The maximum absolute atomic E-state index is 2.72. The zero-order chi connectivity index (χ0) is 43.1. The molecular formula is C55H114. The van der Waals surface area contributed by atoms with E-state index in [-0.39, 0.29) is 0 Å². The van der Waals surface area contributed by atoms with Crippen molar-refractivity contribution in [1.82, 2.24) is 0 Å². The van der Waals surface area contributed by atoms with Gasteiger partial charge in [0, 0.05) is 0 Å². The van der Waals surface area contributed by atoms with Crippen molar-refractivity contribution >= 4 is 0 Å². The van der Waals surface area contributed by atoms with Crippen LogP contribution in [-0.2, 0) is 0 Å². The van der Waals surface area contributed by atoms with Gasteiger partial charge in [0.25, 0.3) is 0 Å². The van der Waals surface area contributed by atoms with Crippen molar-refractivity contribution in [3.8, 4) is 0 Å². The summed E-state index contributed by atoms with van der Waals surface area (Å²) in [5.74, 6) is 0. The van der Waals surface area contributed by atoms with E-state index in [0.29, 0.717) is 43.3 Å². The molecule has 0 spiro atoms. The third-order valence-electron chi connectivity index (χ3n) is 18.5. The van der Waals surface area contributed by atoms with Gasteiger partial charge in [-0.05, 0) is 94.7 Å². The first kappa shape index (κ1) is 57.1. The van der Waals surface area contributed by atoms with Crippen LogP contribution in [0, 0.1) is 43.3 Å². The molecule has 0 N–H and O–H groups in total. The molecule has 0 radical (unpaired) electrons. The van der Waals surface area contributed by atoms with Gasteiger partial charge in [0.1, 0.15) is 0 Å². The van der Waals surface area contributed by atoms with Crippen molar-refractivity contribution in [2.75, 3.05) is 0 Å². The number of hydrogen-bond donors (Lipinski definition) is 0. The summed E-state index contributed by atoms with van der Waals surface area (Å²) in [5.41, 5.74) is 3.21. The third kappa shape index (κ3) is 14.3. The SMILES string of the molecule is CCCCC(C)(C)C(C)(CCCC)C(C)(CCCC)C(C)(CC)CCCC.CCCCCC(C)(C)C(C)(CCCC)C(C)(CCCC)C(C)(CC)CCCC. The monoisotopic (exact) mass is 775 g/mol. The average molecular weight is 776 g/mol. The minimum absolute atomic E-state index is 0.386. The molecule has 0 heteroatoms. The fourth-order valence-electron chi connectivity index (χ4n) is 12.1. The van der Waals surface area contributed by atoms with E-state index in [2.05, 4.69) is 138 Å². The van der Waals surface area contributed by atoms with Gasteiger partial charge in [0.15, 0.2) is 0 Å². The van der Waals surface area contributed by atoms with Crippen molar-refractivity contribution in [1.29, 1.82) is 0 Å². The largest absolute Gasteiger partial charge is 0.0654 e. The van der Waals surface area contributed by atoms with Gasteiger partial charge in [-0.1, -0.05) is 260 Å². The molecule has 0 aromatic heterocycles. The molecule has 0 aromatic rings. The molecule has 55 heavy (non-hydrogen) atoms. The molecule has 0 heterocycles. The number of rotatable bonds is 33. The van der Waals surface area contributed by atoms with Gasteiger partial charge in [-0.3, -0.25) is 0 Å². The molecule has 0 aliphatic heterocycles. The number of unbranched alkanes of at least 4 members (excludes halogenated alkanes) is 9. The van der Waals surface area contributed by atoms with Crippen molar-refractivity contribution in [2.45, 2.75) is 312 Å². The second-order valence-corrected chi connectivity index (χ2v) is 22.1. The van der Waals surface area contributed by atoms with Crippen LogP contribution in [0.5, 0.6) is 0 Å². The molecule has 0 nitrogen and oxygen atoms in total. The second-order valence-electron chi connectivity index (χ2n) is 22.1. The summed E-state index contributed by atoms with van der Waals surface area (Å²) < 4.78 is 0. The quantitative estimate of drug-likeness (QED) is 0.0583. The van der Waals surface area contributed by atoms with Crippen LogP contribution in [0.3, 0.4) is 0 Å². The van der Waals surface area contributed by atoms with E-state index < -0.39 is 0 Å². The molecule has 0 aliphatic rings. The highest BCUT2D eigenvalue weighted by molar-refractivity contribution is 5.09. The maximum atomic E-state index is 2.72. The Morgan fingerprint density at radius 1 is 0.218 bits per heavy atom. The van der Waals surface area contributed by atoms with Gasteiger partial charge >= 0.3 is 0 Å². The maximum Gasteiger partial charge on any atom is -0.0213 e. The van der Waals surface area contributed by atoms with Crippen molar-refractivity contribution in [3.05, 3.63) is 0 Å². The molecule has 6 atom stereocenters. The van der Waals surface area contributed by atoms with E-state index in [1.807, 2.05) is 0 Å². The van der Waals surface area contributed by atoms with Crippen LogP contribution >= 0.6 is 0 Å². The van der Waals surface area contributed by atoms with Gasteiger partial charge in [0.05, 0.1) is 0 Å². The number of hydrogen-bond acceptors (Lipinski definition) is 0. The van der Waals surface area contributed by atoms with Crippen LogP contribution in [0.25, 0.3) is 0 Å². The van der Waals surface area contributed by atoms with Crippen molar-refractivity contribution < 1.29 is 0 Å². The zero-order valence-corrected chi connectivity index (χ0v) is 43.1. The normalized spacial score (nSPS) is 19.2. The van der Waals surface area contributed by atoms with Gasteiger partial charge in [-0.2, -0.15) is 0 Å². The highest BCUT2D eigenvalue weighted by Gasteiger charge is 2.60. The molecule has 0 aromatic carbocycles. The molecule has 6 unspecified atom stereocenters. The lowest BCUT2D eigenvalue weighted by atomic mass is 9.41. The van der Waals surface area contributed by atoms with Gasteiger partial charge in [-0.15, -0.1) is 0 Å². The lowest BCUT2D eigenvalue weighted by Crippen LogP contribution is -2.56. The Balaban J connectivity index is 0. The topological polar surface area (TPSA) is 0 Å². The standard InChI is InChI=1S/C28H58.C27H56/c1-11-16-20-21-25(6,7)27(9,23-18-13-3)28(10,24-19-14-4)26(8,15-5)22-17-12-2;1-11-16-20-24(6,7)26(9,22-18-13-3)27(10,23-19-14-4)25(8,15-5)21-17-12-2/h11-24H2,1-10H3;11-23H2,1-10H3. The van der Waals surface area contributed by atoms with E-state index in [9.17, 15) is 0 Å². The summed E-state index contributed by atoms with van der Waals surface area (Å²) in [5, 5.41) is 0. The molecule has 334 valence electrons. The Hall–Kier alpha value is 0. The molecule has 0 saturated heterocycles. The summed E-state index contributed by atoms with van der Waals surface area (Å²) in [4.78, 5) is 0. The van der Waals surface area contributed by atoms with Crippen LogP contribution in [0.4, 0.5) is 0 Å². The van der Waals surface area contributed by atoms with Gasteiger partial charge in [0.2, 0.25) is 0 Å². The van der Waals surface area contributed by atoms with Crippen LogP contribution in [-0.4, -0.2) is 0 Å². The third-order valence-corrected chi connectivity index (χ3v) is 18.5. The molecule has 0 saturated carbocycles. The Morgan fingerprint density at radius 2 is 0.436 bits per heavy atom. The molecule has 0 aliphatic carbocycles. The predicted octanol–water partition coefficient (Wildman–Crippen LogP) is 20.8. The zero-order valence-electron chi connectivity index (χ0n) is 43.1. The van der Waals surface area contributed by atoms with E-state index in [4.69, 9.17) is 0 Å². The summed E-state index contributed by atoms with van der Waals surface area (Å²) in [7, 11) is 0. The Bertz CT molecular complexity index is 926. The Morgan fingerprint density at radius 3 is 0.691 bits per heavy atom. The molecule has 0 rings (SSSR count). The first-order valence-corrected chi connectivity index (χ1v) is 25.6. The minimum Gasteiger partial charge on any atom is -0.0654 e. The Labute approximate surface area is 353 Å². The van der Waals surface area contributed by atoms with Crippen LogP contribution < -0.4 is 0 Å². The summed E-state index contributed by atoms with van der Waals surface area (Å²) in [6, 6.07) is 0.